The van der Waals surface area contributed by atoms with Gasteiger partial charge in [0, 0.05) is 38.6 Å². The van der Waals surface area contributed by atoms with Crippen molar-refractivity contribution in [2.24, 2.45) is 5.41 Å². The van der Waals surface area contributed by atoms with E-state index in [0.717, 1.165) is 51.4 Å². The molecule has 6 nitrogen and oxygen atoms in total. The van der Waals surface area contributed by atoms with E-state index in [2.05, 4.69) is 14.9 Å². The minimum Gasteiger partial charge on any atom is -0.469 e. The Morgan fingerprint density at radius 2 is 1.88 bits per heavy atom. The molecule has 2 aliphatic heterocycles. The summed E-state index contributed by atoms with van der Waals surface area (Å²) in [5.41, 5.74) is 0.984. The molecule has 2 aromatic rings. The number of aryl methyl sites for hydroxylation is 1. The van der Waals surface area contributed by atoms with Crippen LogP contribution in [0.4, 0.5) is 5.95 Å². The van der Waals surface area contributed by atoms with Crippen molar-refractivity contribution in [1.82, 2.24) is 14.9 Å². The van der Waals surface area contributed by atoms with Gasteiger partial charge >= 0.3 is 0 Å². The summed E-state index contributed by atoms with van der Waals surface area (Å²) in [5.74, 6) is 1.62. The van der Waals surface area contributed by atoms with Crippen molar-refractivity contribution in [2.45, 2.75) is 26.2 Å². The number of hydrogen-bond acceptors (Lipinski definition) is 5. The van der Waals surface area contributed by atoms with E-state index in [-0.39, 0.29) is 5.91 Å². The number of piperidine rings is 1. The molecule has 0 saturated carbocycles. The highest BCUT2D eigenvalue weighted by molar-refractivity contribution is 5.95. The van der Waals surface area contributed by atoms with E-state index in [4.69, 9.17) is 4.42 Å². The molecule has 0 aromatic carbocycles. The fourth-order valence-corrected chi connectivity index (χ4v) is 3.93. The molecule has 0 radical (unpaired) electrons. The zero-order valence-corrected chi connectivity index (χ0v) is 13.9. The number of nitrogens with zero attached hydrogens (tertiary/aromatic N) is 4. The molecule has 4 heterocycles. The number of anilines is 1. The molecular formula is C18H22N4O2. The van der Waals surface area contributed by atoms with Gasteiger partial charge in [-0.2, -0.15) is 0 Å². The molecule has 4 rings (SSSR count). The van der Waals surface area contributed by atoms with Gasteiger partial charge in [-0.1, -0.05) is 0 Å². The summed E-state index contributed by atoms with van der Waals surface area (Å²) in [6.07, 6.45) is 8.41. The third kappa shape index (κ3) is 2.66. The highest BCUT2D eigenvalue weighted by Crippen LogP contribution is 2.41. The monoisotopic (exact) mass is 326 g/mol. The standard InChI is InChI=1S/C18H22N4O2/c1-14-15(3-12-24-14)16(23)21-9-4-18(5-10-21)6-11-22(13-18)17-19-7-2-8-20-17/h2-3,7-8,12H,4-6,9-11,13H2,1H3. The third-order valence-corrected chi connectivity index (χ3v) is 5.47. The zero-order valence-electron chi connectivity index (χ0n) is 13.9. The molecule has 2 fully saturated rings. The Bertz CT molecular complexity index is 720. The first kappa shape index (κ1) is 15.2. The molecule has 0 aliphatic carbocycles. The van der Waals surface area contributed by atoms with Crippen molar-refractivity contribution < 1.29 is 9.21 Å². The summed E-state index contributed by atoms with van der Waals surface area (Å²) in [6, 6.07) is 3.61. The van der Waals surface area contributed by atoms with Gasteiger partial charge in [0.1, 0.15) is 5.76 Å². The number of carbonyl (C=O) groups is 1. The van der Waals surface area contributed by atoms with Crippen LogP contribution in [0.25, 0.3) is 0 Å². The van der Waals surface area contributed by atoms with E-state index in [9.17, 15) is 4.79 Å². The van der Waals surface area contributed by atoms with Crippen LogP contribution in [0.3, 0.4) is 0 Å². The quantitative estimate of drug-likeness (QED) is 0.848. The largest absolute Gasteiger partial charge is 0.469 e. The number of likely N-dealkylation sites (tertiary alicyclic amines) is 1. The molecule has 2 aromatic heterocycles. The Balaban J connectivity index is 1.40. The van der Waals surface area contributed by atoms with Crippen molar-refractivity contribution in [3.63, 3.8) is 0 Å². The molecule has 0 bridgehead atoms. The first-order valence-electron chi connectivity index (χ1n) is 8.52. The Morgan fingerprint density at radius 1 is 1.17 bits per heavy atom. The Labute approximate surface area is 141 Å². The Kier molecular flexibility index (Phi) is 3.75. The molecule has 1 spiro atoms. The number of amides is 1. The van der Waals surface area contributed by atoms with E-state index >= 15 is 0 Å². The van der Waals surface area contributed by atoms with E-state index in [1.807, 2.05) is 17.9 Å². The fourth-order valence-electron chi connectivity index (χ4n) is 3.93. The molecule has 6 heteroatoms. The number of furan rings is 1. The normalized spacial score (nSPS) is 19.9. The topological polar surface area (TPSA) is 62.5 Å². The lowest BCUT2D eigenvalue weighted by Crippen LogP contribution is -2.44. The van der Waals surface area contributed by atoms with Crippen LogP contribution in [0.5, 0.6) is 0 Å². The van der Waals surface area contributed by atoms with Gasteiger partial charge < -0.3 is 14.2 Å². The molecule has 0 unspecified atom stereocenters. The van der Waals surface area contributed by atoms with Crippen molar-refractivity contribution in [2.75, 3.05) is 31.1 Å². The Hall–Kier alpha value is -2.37. The maximum atomic E-state index is 12.6. The highest BCUT2D eigenvalue weighted by Gasteiger charge is 2.42. The van der Waals surface area contributed by atoms with Crippen molar-refractivity contribution in [3.8, 4) is 0 Å². The van der Waals surface area contributed by atoms with Crippen LogP contribution in [-0.4, -0.2) is 47.0 Å². The van der Waals surface area contributed by atoms with Gasteiger partial charge in [0.05, 0.1) is 11.8 Å². The lowest BCUT2D eigenvalue weighted by atomic mass is 9.77. The smallest absolute Gasteiger partial charge is 0.257 e. The van der Waals surface area contributed by atoms with Gasteiger partial charge in [-0.25, -0.2) is 9.97 Å². The maximum Gasteiger partial charge on any atom is 0.257 e. The molecule has 2 aliphatic rings. The second-order valence-corrected chi connectivity index (χ2v) is 6.90. The fraction of sp³-hybridized carbons (Fsp3) is 0.500. The summed E-state index contributed by atoms with van der Waals surface area (Å²) in [4.78, 5) is 25.6. The molecule has 0 N–H and O–H groups in total. The van der Waals surface area contributed by atoms with E-state index < -0.39 is 0 Å². The molecular weight excluding hydrogens is 304 g/mol. The molecule has 24 heavy (non-hydrogen) atoms. The number of hydrogen-bond donors (Lipinski definition) is 0. The van der Waals surface area contributed by atoms with Gasteiger partial charge in [-0.05, 0) is 43.7 Å². The van der Waals surface area contributed by atoms with E-state index in [0.29, 0.717) is 16.7 Å². The number of aromatic nitrogens is 2. The SMILES string of the molecule is Cc1occc1C(=O)N1CCC2(CC1)CCN(c1ncccn1)C2. The van der Waals surface area contributed by atoms with Crippen molar-refractivity contribution in [3.05, 3.63) is 42.1 Å². The molecule has 126 valence electrons. The third-order valence-electron chi connectivity index (χ3n) is 5.47. The van der Waals surface area contributed by atoms with Crippen LogP contribution in [0.1, 0.15) is 35.4 Å². The van der Waals surface area contributed by atoms with Crippen LogP contribution < -0.4 is 4.90 Å². The van der Waals surface area contributed by atoms with Crippen LogP contribution in [0.2, 0.25) is 0 Å². The predicted octanol–water partition coefficient (Wildman–Crippen LogP) is 2.51. The van der Waals surface area contributed by atoms with Gasteiger partial charge in [0.15, 0.2) is 0 Å². The average Bonchev–Trinajstić information content (AvgIpc) is 3.23. The van der Waals surface area contributed by atoms with Crippen LogP contribution in [-0.2, 0) is 0 Å². The summed E-state index contributed by atoms with van der Waals surface area (Å²) in [7, 11) is 0. The van der Waals surface area contributed by atoms with E-state index in [1.54, 1.807) is 24.7 Å². The lowest BCUT2D eigenvalue weighted by molar-refractivity contribution is 0.0608. The van der Waals surface area contributed by atoms with Gasteiger partial charge in [0.2, 0.25) is 5.95 Å². The number of rotatable bonds is 2. The van der Waals surface area contributed by atoms with Gasteiger partial charge in [-0.3, -0.25) is 4.79 Å². The minimum absolute atomic E-state index is 0.0948. The highest BCUT2D eigenvalue weighted by atomic mass is 16.3. The molecule has 1 amide bonds. The van der Waals surface area contributed by atoms with Crippen LogP contribution >= 0.6 is 0 Å². The summed E-state index contributed by atoms with van der Waals surface area (Å²) in [5, 5.41) is 0. The first-order chi connectivity index (χ1) is 11.7. The van der Waals surface area contributed by atoms with Crippen LogP contribution in [0.15, 0.2) is 35.2 Å². The zero-order chi connectivity index (χ0) is 16.6. The van der Waals surface area contributed by atoms with Crippen LogP contribution in [0, 0.1) is 12.3 Å². The van der Waals surface area contributed by atoms with Crippen molar-refractivity contribution in [1.29, 1.82) is 0 Å². The average molecular weight is 326 g/mol. The minimum atomic E-state index is 0.0948. The Morgan fingerprint density at radius 3 is 2.54 bits per heavy atom. The predicted molar refractivity (Wildman–Crippen MR) is 89.9 cm³/mol. The first-order valence-corrected chi connectivity index (χ1v) is 8.52. The lowest BCUT2D eigenvalue weighted by Gasteiger charge is -2.39. The summed E-state index contributed by atoms with van der Waals surface area (Å²) >= 11 is 0. The maximum absolute atomic E-state index is 12.6. The molecule has 0 atom stereocenters. The van der Waals surface area contributed by atoms with Gasteiger partial charge in [0.25, 0.3) is 5.91 Å². The van der Waals surface area contributed by atoms with Gasteiger partial charge in [-0.15, -0.1) is 0 Å². The molecule has 2 saturated heterocycles. The summed E-state index contributed by atoms with van der Waals surface area (Å²) < 4.78 is 5.26. The second-order valence-electron chi connectivity index (χ2n) is 6.90. The summed E-state index contributed by atoms with van der Waals surface area (Å²) in [6.45, 7) is 5.45. The van der Waals surface area contributed by atoms with E-state index in [1.165, 1.54) is 0 Å². The number of carbonyl (C=O) groups excluding carboxylic acids is 1. The second kappa shape index (κ2) is 5.92. The van der Waals surface area contributed by atoms with Crippen molar-refractivity contribution >= 4 is 11.9 Å².